The fraction of sp³-hybridized carbons (Fsp3) is 0.778. The van der Waals surface area contributed by atoms with E-state index in [1.807, 2.05) is 19.1 Å². The van der Waals surface area contributed by atoms with Crippen molar-refractivity contribution in [2.75, 3.05) is 0 Å². The van der Waals surface area contributed by atoms with Crippen LogP contribution in [0.4, 0.5) is 0 Å². The Bertz CT molecular complexity index is 337. The minimum absolute atomic E-state index is 0.321. The van der Waals surface area contributed by atoms with E-state index in [4.69, 9.17) is 11.5 Å². The highest BCUT2D eigenvalue weighted by Crippen LogP contribution is 2.28. The van der Waals surface area contributed by atoms with E-state index >= 15 is 0 Å². The van der Waals surface area contributed by atoms with Gasteiger partial charge < -0.3 is 11.5 Å². The SMILES string of the molecule is CCCCCCCCC/C=C/CC(CCC)(C(N)=O)C(N)=O. The van der Waals surface area contributed by atoms with Gasteiger partial charge in [-0.15, -0.1) is 0 Å². The summed E-state index contributed by atoms with van der Waals surface area (Å²) in [6.07, 6.45) is 15.3. The highest BCUT2D eigenvalue weighted by molar-refractivity contribution is 6.03. The molecule has 0 saturated carbocycles. The maximum Gasteiger partial charge on any atom is 0.233 e. The molecule has 4 nitrogen and oxygen atoms in total. The van der Waals surface area contributed by atoms with Crippen LogP contribution in [-0.4, -0.2) is 11.8 Å². The zero-order valence-corrected chi connectivity index (χ0v) is 14.4. The molecule has 4 heteroatoms. The van der Waals surface area contributed by atoms with Crippen LogP contribution in [0.15, 0.2) is 12.2 Å². The first-order valence-electron chi connectivity index (χ1n) is 8.76. The van der Waals surface area contributed by atoms with E-state index < -0.39 is 17.2 Å². The van der Waals surface area contributed by atoms with E-state index in [9.17, 15) is 9.59 Å². The molecule has 4 N–H and O–H groups in total. The predicted octanol–water partition coefficient (Wildman–Crippen LogP) is 3.83. The van der Waals surface area contributed by atoms with E-state index in [1.54, 1.807) is 0 Å². The first kappa shape index (κ1) is 20.7. The van der Waals surface area contributed by atoms with Gasteiger partial charge in [0.05, 0.1) is 0 Å². The van der Waals surface area contributed by atoms with E-state index in [1.165, 1.54) is 38.5 Å². The van der Waals surface area contributed by atoms with Crippen LogP contribution in [-0.2, 0) is 9.59 Å². The Kier molecular flexibility index (Phi) is 11.5. The second-order valence-corrected chi connectivity index (χ2v) is 6.15. The molecule has 0 aliphatic carbocycles. The smallest absolute Gasteiger partial charge is 0.233 e. The molecule has 0 unspecified atom stereocenters. The van der Waals surface area contributed by atoms with Gasteiger partial charge in [-0.25, -0.2) is 0 Å². The van der Waals surface area contributed by atoms with Gasteiger partial charge in [-0.3, -0.25) is 9.59 Å². The summed E-state index contributed by atoms with van der Waals surface area (Å²) in [4.78, 5) is 23.3. The molecule has 22 heavy (non-hydrogen) atoms. The number of hydrogen-bond donors (Lipinski definition) is 2. The maximum atomic E-state index is 11.6. The van der Waals surface area contributed by atoms with Gasteiger partial charge in [0.15, 0.2) is 0 Å². The lowest BCUT2D eigenvalue weighted by Gasteiger charge is -2.25. The zero-order chi connectivity index (χ0) is 16.8. The maximum absolute atomic E-state index is 11.6. The van der Waals surface area contributed by atoms with Crippen LogP contribution in [0.3, 0.4) is 0 Å². The second kappa shape index (κ2) is 12.2. The Hall–Kier alpha value is -1.32. The van der Waals surface area contributed by atoms with Gasteiger partial charge in [0.1, 0.15) is 5.41 Å². The number of carbonyl (C=O) groups excluding carboxylic acids is 2. The fourth-order valence-electron chi connectivity index (χ4n) is 2.72. The first-order chi connectivity index (χ1) is 10.5. The quantitative estimate of drug-likeness (QED) is 0.290. The number of nitrogens with two attached hydrogens (primary N) is 2. The van der Waals surface area contributed by atoms with Gasteiger partial charge in [0.25, 0.3) is 0 Å². The van der Waals surface area contributed by atoms with Crippen molar-refractivity contribution in [3.63, 3.8) is 0 Å². The van der Waals surface area contributed by atoms with Crippen LogP contribution < -0.4 is 11.5 Å². The summed E-state index contributed by atoms with van der Waals surface area (Å²) in [7, 11) is 0. The van der Waals surface area contributed by atoms with Gasteiger partial charge in [-0.05, 0) is 25.7 Å². The summed E-state index contributed by atoms with van der Waals surface area (Å²) in [5.74, 6) is -1.22. The monoisotopic (exact) mass is 310 g/mol. The minimum Gasteiger partial charge on any atom is -0.369 e. The normalized spacial score (nSPS) is 11.9. The Labute approximate surface area is 135 Å². The van der Waals surface area contributed by atoms with Crippen molar-refractivity contribution in [2.45, 2.75) is 84.5 Å². The second-order valence-electron chi connectivity index (χ2n) is 6.15. The number of hydrogen-bond acceptors (Lipinski definition) is 2. The Balaban J connectivity index is 4.06. The Morgan fingerprint density at radius 3 is 1.86 bits per heavy atom. The highest BCUT2D eigenvalue weighted by Gasteiger charge is 2.40. The summed E-state index contributed by atoms with van der Waals surface area (Å²) >= 11 is 0. The Morgan fingerprint density at radius 1 is 0.818 bits per heavy atom. The van der Waals surface area contributed by atoms with Crippen molar-refractivity contribution in [1.82, 2.24) is 0 Å². The van der Waals surface area contributed by atoms with Crippen molar-refractivity contribution in [2.24, 2.45) is 16.9 Å². The molecule has 0 aliphatic heterocycles. The van der Waals surface area contributed by atoms with E-state index in [-0.39, 0.29) is 0 Å². The third-order valence-electron chi connectivity index (χ3n) is 4.23. The molecular formula is C18H34N2O2. The molecule has 0 atom stereocenters. The van der Waals surface area contributed by atoms with Crippen molar-refractivity contribution in [3.05, 3.63) is 12.2 Å². The third-order valence-corrected chi connectivity index (χ3v) is 4.23. The molecule has 0 radical (unpaired) electrons. The summed E-state index contributed by atoms with van der Waals surface area (Å²) in [6, 6.07) is 0. The molecule has 0 rings (SSSR count). The molecule has 0 bridgehead atoms. The average molecular weight is 310 g/mol. The van der Waals surface area contributed by atoms with Crippen LogP contribution in [0, 0.1) is 5.41 Å². The molecule has 0 aliphatic rings. The van der Waals surface area contributed by atoms with Crippen LogP contribution in [0.25, 0.3) is 0 Å². The van der Waals surface area contributed by atoms with Crippen LogP contribution >= 0.6 is 0 Å². The molecule has 0 heterocycles. The minimum atomic E-state index is -1.22. The van der Waals surface area contributed by atoms with Crippen LogP contribution in [0.1, 0.15) is 84.5 Å². The number of rotatable bonds is 14. The lowest BCUT2D eigenvalue weighted by Crippen LogP contribution is -2.47. The molecule has 0 fully saturated rings. The lowest BCUT2D eigenvalue weighted by molar-refractivity contribution is -0.140. The van der Waals surface area contributed by atoms with Crippen LogP contribution in [0.2, 0.25) is 0 Å². The number of primary amides is 2. The molecule has 0 saturated heterocycles. The first-order valence-corrected chi connectivity index (χ1v) is 8.76. The van der Waals surface area contributed by atoms with Gasteiger partial charge in [-0.1, -0.05) is 70.9 Å². The zero-order valence-electron chi connectivity index (χ0n) is 14.4. The predicted molar refractivity (Wildman–Crippen MR) is 92.1 cm³/mol. The average Bonchev–Trinajstić information content (AvgIpc) is 2.47. The molecule has 0 aromatic heterocycles. The molecule has 2 amide bonds. The molecule has 0 spiro atoms. The summed E-state index contributed by atoms with van der Waals surface area (Å²) < 4.78 is 0. The standard InChI is InChI=1S/C18H34N2O2/c1-3-5-6-7-8-9-10-11-12-13-15-18(14-4-2,16(19)21)17(20)22/h12-13H,3-11,14-15H2,1-2H3,(H2,19,21)(H2,20,22)/b13-12+. The lowest BCUT2D eigenvalue weighted by atomic mass is 9.78. The molecule has 128 valence electrons. The largest absolute Gasteiger partial charge is 0.369 e. The van der Waals surface area contributed by atoms with Gasteiger partial charge in [-0.2, -0.15) is 0 Å². The molecule has 0 aromatic carbocycles. The Morgan fingerprint density at radius 2 is 1.36 bits per heavy atom. The highest BCUT2D eigenvalue weighted by atomic mass is 16.2. The summed E-state index contributed by atoms with van der Waals surface area (Å²) in [6.45, 7) is 4.14. The fourth-order valence-corrected chi connectivity index (χ4v) is 2.72. The van der Waals surface area contributed by atoms with E-state index in [2.05, 4.69) is 6.92 Å². The molecular weight excluding hydrogens is 276 g/mol. The van der Waals surface area contributed by atoms with Crippen LogP contribution in [0.5, 0.6) is 0 Å². The van der Waals surface area contributed by atoms with Gasteiger partial charge >= 0.3 is 0 Å². The van der Waals surface area contributed by atoms with Crippen molar-refractivity contribution < 1.29 is 9.59 Å². The topological polar surface area (TPSA) is 86.2 Å². The van der Waals surface area contributed by atoms with E-state index in [0.717, 1.165) is 12.8 Å². The van der Waals surface area contributed by atoms with E-state index in [0.29, 0.717) is 19.3 Å². The number of amides is 2. The number of allylic oxidation sites excluding steroid dienone is 2. The number of carbonyl (C=O) groups is 2. The van der Waals surface area contributed by atoms with Crippen molar-refractivity contribution in [3.8, 4) is 0 Å². The number of unbranched alkanes of at least 4 members (excludes halogenated alkanes) is 7. The third kappa shape index (κ3) is 7.62. The summed E-state index contributed by atoms with van der Waals surface area (Å²) in [5.41, 5.74) is 9.59. The summed E-state index contributed by atoms with van der Waals surface area (Å²) in [5, 5.41) is 0. The van der Waals surface area contributed by atoms with Gasteiger partial charge in [0, 0.05) is 0 Å². The van der Waals surface area contributed by atoms with Crippen molar-refractivity contribution >= 4 is 11.8 Å². The molecule has 0 aromatic rings. The van der Waals surface area contributed by atoms with Crippen molar-refractivity contribution in [1.29, 1.82) is 0 Å². The van der Waals surface area contributed by atoms with Gasteiger partial charge in [0.2, 0.25) is 11.8 Å².